The molecule has 0 heterocycles. The first-order valence-corrected chi connectivity index (χ1v) is 8.55. The van der Waals surface area contributed by atoms with Crippen LogP contribution in [0.5, 0.6) is 0 Å². The summed E-state index contributed by atoms with van der Waals surface area (Å²) in [7, 11) is 0. The highest BCUT2D eigenvalue weighted by Crippen LogP contribution is 2.18. The monoisotopic (exact) mass is 324 g/mol. The fourth-order valence-corrected chi connectivity index (χ4v) is 2.77. The number of carbonyl (C=O) groups is 1. The highest BCUT2D eigenvalue weighted by Gasteiger charge is 2.04. The van der Waals surface area contributed by atoms with Gasteiger partial charge in [-0.05, 0) is 34.7 Å². The Morgan fingerprint density at radius 2 is 1.75 bits per heavy atom. The predicted octanol–water partition coefficient (Wildman–Crippen LogP) is 5.11. The van der Waals surface area contributed by atoms with Crippen LogP contribution in [0, 0.1) is 0 Å². The summed E-state index contributed by atoms with van der Waals surface area (Å²) in [5.74, 6) is 0.108. The summed E-state index contributed by atoms with van der Waals surface area (Å²) in [4.78, 5) is 14.7. The summed E-state index contributed by atoms with van der Waals surface area (Å²) >= 11 is 0. The lowest BCUT2D eigenvalue weighted by Gasteiger charge is -2.08. The van der Waals surface area contributed by atoms with E-state index in [2.05, 4.69) is 39.6 Å². The van der Waals surface area contributed by atoms with E-state index in [1.165, 1.54) is 10.8 Å². The van der Waals surface area contributed by atoms with Gasteiger partial charge in [-0.15, -0.1) is 0 Å². The molecule has 2 aromatic carbocycles. The summed E-state index contributed by atoms with van der Waals surface area (Å²) in [6.07, 6.45) is 5.58. The van der Waals surface area contributed by atoms with E-state index >= 15 is 0 Å². The van der Waals surface area contributed by atoms with Crippen molar-refractivity contribution in [2.75, 3.05) is 6.54 Å². The van der Waals surface area contributed by atoms with Crippen LogP contribution in [0.4, 0.5) is 0 Å². The van der Waals surface area contributed by atoms with Crippen molar-refractivity contribution < 1.29 is 4.79 Å². The Morgan fingerprint density at radius 3 is 2.62 bits per heavy atom. The summed E-state index contributed by atoms with van der Waals surface area (Å²) < 4.78 is 0. The van der Waals surface area contributed by atoms with Gasteiger partial charge in [0.25, 0.3) is 0 Å². The highest BCUT2D eigenvalue weighted by atomic mass is 16.1. The van der Waals surface area contributed by atoms with Gasteiger partial charge in [0, 0.05) is 24.4 Å². The number of nitrogens with one attached hydrogen (secondary N) is 1. The Labute approximate surface area is 142 Å². The van der Waals surface area contributed by atoms with E-state index in [4.69, 9.17) is 5.53 Å². The van der Waals surface area contributed by atoms with Crippen molar-refractivity contribution in [2.45, 2.75) is 45.1 Å². The molecule has 5 nitrogen and oxygen atoms in total. The zero-order valence-corrected chi connectivity index (χ0v) is 13.9. The summed E-state index contributed by atoms with van der Waals surface area (Å²) in [6, 6.07) is 14.4. The molecule has 0 spiro atoms. The number of unbranched alkanes of at least 4 members (excludes halogenated alkanes) is 4. The van der Waals surface area contributed by atoms with E-state index in [1.54, 1.807) is 0 Å². The van der Waals surface area contributed by atoms with Gasteiger partial charge >= 0.3 is 0 Å². The number of hydrogen-bond acceptors (Lipinski definition) is 2. The average Bonchev–Trinajstić information content (AvgIpc) is 2.62. The summed E-state index contributed by atoms with van der Waals surface area (Å²) in [5.41, 5.74) is 9.33. The maximum absolute atomic E-state index is 12.0. The third kappa shape index (κ3) is 5.94. The standard InChI is InChI=1S/C19H24N4O/c20-23-22-14-7-3-1-2-4-13-19(24)21-15-17-11-8-10-16-9-5-6-12-18(16)17/h5-6,8-12H,1-4,7,13-15H2,(H,21,24). The Morgan fingerprint density at radius 1 is 1.00 bits per heavy atom. The molecule has 0 aromatic heterocycles. The number of hydrogen-bond donors (Lipinski definition) is 1. The smallest absolute Gasteiger partial charge is 0.220 e. The quantitative estimate of drug-likeness (QED) is 0.280. The van der Waals surface area contributed by atoms with Crippen molar-refractivity contribution in [1.82, 2.24) is 5.32 Å². The first-order valence-electron chi connectivity index (χ1n) is 8.55. The molecule has 0 radical (unpaired) electrons. The van der Waals surface area contributed by atoms with Gasteiger partial charge in [0.05, 0.1) is 0 Å². The Kier molecular flexibility index (Phi) is 7.64. The van der Waals surface area contributed by atoms with Gasteiger partial charge in [-0.1, -0.05) is 66.8 Å². The summed E-state index contributed by atoms with van der Waals surface area (Å²) in [6.45, 7) is 1.15. The van der Waals surface area contributed by atoms with Crippen LogP contribution in [0.15, 0.2) is 47.6 Å². The van der Waals surface area contributed by atoms with Crippen molar-refractivity contribution in [3.05, 3.63) is 58.5 Å². The normalized spacial score (nSPS) is 10.3. The lowest BCUT2D eigenvalue weighted by molar-refractivity contribution is -0.121. The van der Waals surface area contributed by atoms with Gasteiger partial charge < -0.3 is 5.32 Å². The molecule has 1 amide bonds. The predicted molar refractivity (Wildman–Crippen MR) is 97.5 cm³/mol. The third-order valence-electron chi connectivity index (χ3n) is 4.08. The minimum Gasteiger partial charge on any atom is -0.352 e. The molecule has 0 aliphatic rings. The van der Waals surface area contributed by atoms with Crippen molar-refractivity contribution in [2.24, 2.45) is 5.11 Å². The number of azide groups is 1. The van der Waals surface area contributed by atoms with Crippen LogP contribution < -0.4 is 5.32 Å². The van der Waals surface area contributed by atoms with Gasteiger partial charge in [-0.2, -0.15) is 0 Å². The minimum atomic E-state index is 0.108. The lowest BCUT2D eigenvalue weighted by atomic mass is 10.0. The molecule has 126 valence electrons. The van der Waals surface area contributed by atoms with Crippen LogP contribution in [-0.2, 0) is 11.3 Å². The number of rotatable bonds is 10. The second-order valence-corrected chi connectivity index (χ2v) is 5.89. The third-order valence-corrected chi connectivity index (χ3v) is 4.08. The van der Waals surface area contributed by atoms with E-state index < -0.39 is 0 Å². The van der Waals surface area contributed by atoms with E-state index in [-0.39, 0.29) is 5.91 Å². The molecule has 0 atom stereocenters. The molecule has 0 unspecified atom stereocenters. The second-order valence-electron chi connectivity index (χ2n) is 5.89. The molecule has 24 heavy (non-hydrogen) atoms. The van der Waals surface area contributed by atoms with Gasteiger partial charge in [0.1, 0.15) is 0 Å². The molecule has 1 N–H and O–H groups in total. The van der Waals surface area contributed by atoms with Gasteiger partial charge in [-0.3, -0.25) is 4.79 Å². The Balaban J connectivity index is 1.65. The van der Waals surface area contributed by atoms with Gasteiger partial charge in [0.2, 0.25) is 5.91 Å². The molecule has 0 saturated carbocycles. The lowest BCUT2D eigenvalue weighted by Crippen LogP contribution is -2.22. The molecule has 0 aliphatic carbocycles. The highest BCUT2D eigenvalue weighted by molar-refractivity contribution is 5.86. The Hall–Kier alpha value is -2.52. The molecular weight excluding hydrogens is 300 g/mol. The van der Waals surface area contributed by atoms with Crippen molar-refractivity contribution in [3.8, 4) is 0 Å². The summed E-state index contributed by atoms with van der Waals surface area (Å²) in [5, 5.41) is 8.92. The largest absolute Gasteiger partial charge is 0.352 e. The maximum Gasteiger partial charge on any atom is 0.220 e. The van der Waals surface area contributed by atoms with E-state index in [0.29, 0.717) is 19.5 Å². The van der Waals surface area contributed by atoms with Crippen LogP contribution in [-0.4, -0.2) is 12.5 Å². The van der Waals surface area contributed by atoms with Crippen molar-refractivity contribution >= 4 is 16.7 Å². The first-order chi connectivity index (χ1) is 11.8. The van der Waals surface area contributed by atoms with Crippen LogP contribution in [0.25, 0.3) is 21.2 Å². The number of amides is 1. The molecule has 5 heteroatoms. The fraction of sp³-hybridized carbons (Fsp3) is 0.421. The zero-order valence-electron chi connectivity index (χ0n) is 13.9. The number of fused-ring (bicyclic) bond motifs is 1. The second kappa shape index (κ2) is 10.3. The molecule has 2 aromatic rings. The maximum atomic E-state index is 12.0. The molecule has 0 aliphatic heterocycles. The Bertz CT molecular complexity index is 702. The minimum absolute atomic E-state index is 0.108. The number of benzene rings is 2. The zero-order chi connectivity index (χ0) is 17.0. The van der Waals surface area contributed by atoms with E-state index in [9.17, 15) is 4.79 Å². The van der Waals surface area contributed by atoms with E-state index in [1.807, 2.05) is 18.2 Å². The molecule has 2 rings (SSSR count). The van der Waals surface area contributed by atoms with Gasteiger partial charge in [0.15, 0.2) is 0 Å². The molecular formula is C19H24N4O. The molecule has 0 bridgehead atoms. The first kappa shape index (κ1) is 17.8. The van der Waals surface area contributed by atoms with Crippen molar-refractivity contribution in [1.29, 1.82) is 0 Å². The van der Waals surface area contributed by atoms with Crippen LogP contribution >= 0.6 is 0 Å². The van der Waals surface area contributed by atoms with Gasteiger partial charge in [-0.25, -0.2) is 0 Å². The topological polar surface area (TPSA) is 77.9 Å². The fourth-order valence-electron chi connectivity index (χ4n) is 2.77. The number of carbonyl (C=O) groups excluding carboxylic acids is 1. The molecule has 0 fully saturated rings. The van der Waals surface area contributed by atoms with E-state index in [0.717, 1.165) is 37.7 Å². The number of nitrogens with zero attached hydrogens (tertiary/aromatic N) is 3. The SMILES string of the molecule is [N-]=[N+]=NCCCCCCCC(=O)NCc1cccc2ccccc12. The van der Waals surface area contributed by atoms with Crippen LogP contribution in [0.3, 0.4) is 0 Å². The van der Waals surface area contributed by atoms with Crippen molar-refractivity contribution in [3.63, 3.8) is 0 Å². The van der Waals surface area contributed by atoms with Crippen LogP contribution in [0.1, 0.15) is 44.1 Å². The molecule has 0 saturated heterocycles. The van der Waals surface area contributed by atoms with Crippen LogP contribution in [0.2, 0.25) is 0 Å². The average molecular weight is 324 g/mol.